The number of halogens is 2. The van der Waals surface area contributed by atoms with Gasteiger partial charge >= 0.3 is 5.97 Å². The van der Waals surface area contributed by atoms with Crippen LogP contribution in [-0.4, -0.2) is 23.0 Å². The standard InChI is InChI=1S/C13H15BrFNO3/c1-13(2,3)10(12(18)19)16-11(17)7-4-5-8(14)9(15)6-7/h4-6,10H,1-3H3,(H,16,17)(H,18,19)/t10-/m1/s1. The van der Waals surface area contributed by atoms with E-state index in [1.54, 1.807) is 20.8 Å². The van der Waals surface area contributed by atoms with E-state index in [0.717, 1.165) is 6.07 Å². The highest BCUT2D eigenvalue weighted by Crippen LogP contribution is 2.21. The summed E-state index contributed by atoms with van der Waals surface area (Å²) >= 11 is 2.98. The van der Waals surface area contributed by atoms with E-state index in [-0.39, 0.29) is 10.0 Å². The molecule has 0 spiro atoms. The second-order valence-corrected chi connectivity index (χ2v) is 6.09. The van der Waals surface area contributed by atoms with Crippen molar-refractivity contribution in [2.24, 2.45) is 5.41 Å². The first kappa shape index (κ1) is 15.6. The third kappa shape index (κ3) is 4.02. The van der Waals surface area contributed by atoms with Crippen LogP contribution in [0.5, 0.6) is 0 Å². The maximum atomic E-state index is 13.3. The summed E-state index contributed by atoms with van der Waals surface area (Å²) in [6.45, 7) is 5.11. The number of carboxylic acid groups (broad SMARTS) is 1. The van der Waals surface area contributed by atoms with Gasteiger partial charge in [0.2, 0.25) is 0 Å². The molecule has 0 aliphatic rings. The maximum absolute atomic E-state index is 13.3. The van der Waals surface area contributed by atoms with Crippen molar-refractivity contribution in [3.63, 3.8) is 0 Å². The Hall–Kier alpha value is -1.43. The zero-order valence-corrected chi connectivity index (χ0v) is 12.4. The van der Waals surface area contributed by atoms with Crippen LogP contribution in [0, 0.1) is 11.2 Å². The first-order chi connectivity index (χ1) is 8.62. The van der Waals surface area contributed by atoms with Crippen LogP contribution in [0.4, 0.5) is 4.39 Å². The number of benzene rings is 1. The Kier molecular flexibility index (Phi) is 4.68. The fraction of sp³-hybridized carbons (Fsp3) is 0.385. The van der Waals surface area contributed by atoms with Crippen molar-refractivity contribution in [2.75, 3.05) is 0 Å². The van der Waals surface area contributed by atoms with E-state index in [2.05, 4.69) is 21.2 Å². The second kappa shape index (κ2) is 5.69. The smallest absolute Gasteiger partial charge is 0.326 e. The summed E-state index contributed by atoms with van der Waals surface area (Å²) in [4.78, 5) is 23.1. The summed E-state index contributed by atoms with van der Waals surface area (Å²) in [5.41, 5.74) is -0.564. The quantitative estimate of drug-likeness (QED) is 0.894. The van der Waals surface area contributed by atoms with Gasteiger partial charge in [0.25, 0.3) is 5.91 Å². The molecule has 0 radical (unpaired) electrons. The highest BCUT2D eigenvalue weighted by Gasteiger charge is 2.32. The van der Waals surface area contributed by atoms with E-state index in [1.165, 1.54) is 12.1 Å². The van der Waals surface area contributed by atoms with Crippen LogP contribution < -0.4 is 5.32 Å². The lowest BCUT2D eigenvalue weighted by atomic mass is 9.86. The average molecular weight is 332 g/mol. The second-order valence-electron chi connectivity index (χ2n) is 5.24. The molecule has 19 heavy (non-hydrogen) atoms. The number of carbonyl (C=O) groups excluding carboxylic acids is 1. The third-order valence-electron chi connectivity index (χ3n) is 2.57. The first-order valence-corrected chi connectivity index (χ1v) is 6.41. The van der Waals surface area contributed by atoms with Gasteiger partial charge in [-0.2, -0.15) is 0 Å². The lowest BCUT2D eigenvalue weighted by Gasteiger charge is -2.27. The van der Waals surface area contributed by atoms with E-state index in [1.807, 2.05) is 0 Å². The number of carbonyl (C=O) groups is 2. The Labute approximate surface area is 119 Å². The Balaban J connectivity index is 2.94. The number of nitrogens with one attached hydrogen (secondary N) is 1. The molecule has 1 atom stereocenters. The van der Waals surface area contributed by atoms with Gasteiger partial charge < -0.3 is 10.4 Å². The number of amides is 1. The number of carboxylic acids is 1. The van der Waals surface area contributed by atoms with Crippen LogP contribution in [0.3, 0.4) is 0 Å². The van der Waals surface area contributed by atoms with E-state index < -0.39 is 29.2 Å². The monoisotopic (exact) mass is 331 g/mol. The number of rotatable bonds is 3. The molecule has 1 aromatic rings. The molecule has 1 amide bonds. The van der Waals surface area contributed by atoms with E-state index >= 15 is 0 Å². The zero-order chi connectivity index (χ0) is 14.8. The third-order valence-corrected chi connectivity index (χ3v) is 3.21. The molecule has 0 fully saturated rings. The minimum Gasteiger partial charge on any atom is -0.480 e. The van der Waals surface area contributed by atoms with Crippen LogP contribution >= 0.6 is 15.9 Å². The van der Waals surface area contributed by atoms with Gasteiger partial charge in [-0.25, -0.2) is 9.18 Å². The summed E-state index contributed by atoms with van der Waals surface area (Å²) in [5, 5.41) is 11.5. The molecule has 6 heteroatoms. The number of hydrogen-bond acceptors (Lipinski definition) is 2. The highest BCUT2D eigenvalue weighted by molar-refractivity contribution is 9.10. The SMILES string of the molecule is CC(C)(C)[C@H](NC(=O)c1ccc(Br)c(F)c1)C(=O)O. The van der Waals surface area contributed by atoms with Gasteiger partial charge in [0.1, 0.15) is 11.9 Å². The molecule has 2 N–H and O–H groups in total. The van der Waals surface area contributed by atoms with Crippen LogP contribution in [0.1, 0.15) is 31.1 Å². The molecular weight excluding hydrogens is 317 g/mol. The van der Waals surface area contributed by atoms with Gasteiger partial charge in [-0.05, 0) is 39.5 Å². The Morgan fingerprint density at radius 1 is 1.37 bits per heavy atom. The van der Waals surface area contributed by atoms with Crippen LogP contribution in [0.15, 0.2) is 22.7 Å². The molecule has 0 unspecified atom stereocenters. The topological polar surface area (TPSA) is 66.4 Å². The summed E-state index contributed by atoms with van der Waals surface area (Å²) in [7, 11) is 0. The zero-order valence-electron chi connectivity index (χ0n) is 10.8. The minimum atomic E-state index is -1.13. The van der Waals surface area contributed by atoms with E-state index in [9.17, 15) is 14.0 Å². The van der Waals surface area contributed by atoms with E-state index in [0.29, 0.717) is 0 Å². The lowest BCUT2D eigenvalue weighted by molar-refractivity contribution is -0.142. The van der Waals surface area contributed by atoms with Crippen LogP contribution in [0.2, 0.25) is 0 Å². The number of aliphatic carboxylic acids is 1. The normalized spacial score (nSPS) is 12.9. The van der Waals surface area contributed by atoms with Crippen molar-refractivity contribution in [1.29, 1.82) is 0 Å². The Bertz CT molecular complexity index is 511. The molecule has 0 saturated heterocycles. The van der Waals surface area contributed by atoms with Crippen molar-refractivity contribution in [2.45, 2.75) is 26.8 Å². The van der Waals surface area contributed by atoms with Gasteiger partial charge in [-0.15, -0.1) is 0 Å². The molecule has 0 aromatic heterocycles. The largest absolute Gasteiger partial charge is 0.480 e. The molecule has 1 rings (SSSR count). The van der Waals surface area contributed by atoms with Crippen LogP contribution in [0.25, 0.3) is 0 Å². The Morgan fingerprint density at radius 3 is 2.37 bits per heavy atom. The molecule has 1 aromatic carbocycles. The van der Waals surface area contributed by atoms with Crippen molar-refractivity contribution in [3.8, 4) is 0 Å². The minimum absolute atomic E-state index is 0.0798. The van der Waals surface area contributed by atoms with Gasteiger partial charge in [0.05, 0.1) is 4.47 Å². The van der Waals surface area contributed by atoms with Crippen LogP contribution in [-0.2, 0) is 4.79 Å². The Morgan fingerprint density at radius 2 is 1.95 bits per heavy atom. The molecule has 0 bridgehead atoms. The average Bonchev–Trinajstić information content (AvgIpc) is 2.27. The van der Waals surface area contributed by atoms with Gasteiger partial charge in [-0.3, -0.25) is 4.79 Å². The molecular formula is C13H15BrFNO3. The van der Waals surface area contributed by atoms with Crippen molar-refractivity contribution in [3.05, 3.63) is 34.1 Å². The lowest BCUT2D eigenvalue weighted by Crippen LogP contribution is -2.49. The predicted octanol–water partition coefficient (Wildman–Crippen LogP) is 2.82. The molecule has 0 aliphatic carbocycles. The van der Waals surface area contributed by atoms with Crippen molar-refractivity contribution < 1.29 is 19.1 Å². The highest BCUT2D eigenvalue weighted by atomic mass is 79.9. The summed E-state index contributed by atoms with van der Waals surface area (Å²) in [6.07, 6.45) is 0. The van der Waals surface area contributed by atoms with Gasteiger partial charge in [-0.1, -0.05) is 20.8 Å². The summed E-state index contributed by atoms with van der Waals surface area (Å²) in [5.74, 6) is -2.32. The molecule has 0 saturated carbocycles. The van der Waals surface area contributed by atoms with Crippen molar-refractivity contribution >= 4 is 27.8 Å². The fourth-order valence-electron chi connectivity index (χ4n) is 1.50. The fourth-order valence-corrected chi connectivity index (χ4v) is 1.75. The molecule has 104 valence electrons. The van der Waals surface area contributed by atoms with Crippen molar-refractivity contribution in [1.82, 2.24) is 5.32 Å². The molecule has 0 aliphatic heterocycles. The van der Waals surface area contributed by atoms with Gasteiger partial charge in [0.15, 0.2) is 0 Å². The first-order valence-electron chi connectivity index (χ1n) is 5.61. The van der Waals surface area contributed by atoms with E-state index in [4.69, 9.17) is 5.11 Å². The van der Waals surface area contributed by atoms with Gasteiger partial charge in [0, 0.05) is 5.56 Å². The number of hydrogen-bond donors (Lipinski definition) is 2. The summed E-state index contributed by atoms with van der Waals surface area (Å²) in [6, 6.07) is 2.83. The maximum Gasteiger partial charge on any atom is 0.326 e. The molecule has 0 heterocycles. The predicted molar refractivity (Wildman–Crippen MR) is 72.4 cm³/mol. The summed E-state index contributed by atoms with van der Waals surface area (Å²) < 4.78 is 13.6. The molecule has 4 nitrogen and oxygen atoms in total.